The molecule has 1 N–H and O–H groups in total. The highest BCUT2D eigenvalue weighted by atomic mass is 16.3. The van der Waals surface area contributed by atoms with Crippen molar-refractivity contribution < 1.29 is 5.11 Å². The number of likely N-dealkylation sites (tertiary alicyclic amines) is 1. The summed E-state index contributed by atoms with van der Waals surface area (Å²) in [5.74, 6) is 0. The second-order valence-electron chi connectivity index (χ2n) is 3.61. The van der Waals surface area contributed by atoms with E-state index in [2.05, 4.69) is 11.8 Å². The number of rotatable bonds is 3. The molecule has 1 saturated heterocycles. The Kier molecular flexibility index (Phi) is 2.90. The van der Waals surface area contributed by atoms with Gasteiger partial charge in [0.25, 0.3) is 0 Å². The maximum atomic E-state index is 10.0. The smallest absolute Gasteiger partial charge is 0.118 e. The lowest BCUT2D eigenvalue weighted by Crippen LogP contribution is -2.40. The van der Waals surface area contributed by atoms with Gasteiger partial charge in [0.15, 0.2) is 0 Å². The third-order valence-electron chi connectivity index (χ3n) is 2.71. The molecule has 1 aliphatic rings. The molecule has 1 rings (SSSR count). The van der Waals surface area contributed by atoms with Gasteiger partial charge in [-0.15, -0.1) is 0 Å². The quantitative estimate of drug-likeness (QED) is 0.672. The number of hydrogen-bond acceptors (Lipinski definition) is 2. The van der Waals surface area contributed by atoms with Gasteiger partial charge in [0.1, 0.15) is 5.72 Å². The highest BCUT2D eigenvalue weighted by molar-refractivity contribution is 4.83. The van der Waals surface area contributed by atoms with Crippen LogP contribution in [-0.2, 0) is 0 Å². The van der Waals surface area contributed by atoms with Gasteiger partial charge in [0.05, 0.1) is 0 Å². The summed E-state index contributed by atoms with van der Waals surface area (Å²) < 4.78 is 0. The lowest BCUT2D eigenvalue weighted by molar-refractivity contribution is -0.0746. The van der Waals surface area contributed by atoms with E-state index in [1.165, 1.54) is 6.42 Å². The Hall–Kier alpha value is -0.0800. The fourth-order valence-corrected chi connectivity index (χ4v) is 1.77. The van der Waals surface area contributed by atoms with Crippen molar-refractivity contribution in [2.75, 3.05) is 13.6 Å². The van der Waals surface area contributed by atoms with Crippen LogP contribution in [-0.4, -0.2) is 29.3 Å². The molecular formula is C9H19NO. The Labute approximate surface area is 69.2 Å². The molecule has 0 aliphatic carbocycles. The topological polar surface area (TPSA) is 23.5 Å². The fourth-order valence-electron chi connectivity index (χ4n) is 1.77. The van der Waals surface area contributed by atoms with E-state index in [-0.39, 0.29) is 0 Å². The van der Waals surface area contributed by atoms with Gasteiger partial charge in [0, 0.05) is 6.54 Å². The van der Waals surface area contributed by atoms with E-state index in [1.807, 2.05) is 7.05 Å². The monoisotopic (exact) mass is 157 g/mol. The molecule has 1 unspecified atom stereocenters. The first kappa shape index (κ1) is 9.01. The molecule has 1 aliphatic heterocycles. The maximum Gasteiger partial charge on any atom is 0.118 e. The molecule has 11 heavy (non-hydrogen) atoms. The molecule has 0 aromatic heterocycles. The summed E-state index contributed by atoms with van der Waals surface area (Å²) in [7, 11) is 2.02. The van der Waals surface area contributed by atoms with Gasteiger partial charge in [-0.05, 0) is 32.7 Å². The van der Waals surface area contributed by atoms with Crippen LogP contribution in [0.15, 0.2) is 0 Å². The van der Waals surface area contributed by atoms with E-state index in [1.54, 1.807) is 0 Å². The minimum atomic E-state index is -0.462. The van der Waals surface area contributed by atoms with Crippen LogP contribution in [0.25, 0.3) is 0 Å². The van der Waals surface area contributed by atoms with Crippen LogP contribution < -0.4 is 0 Å². The van der Waals surface area contributed by atoms with Crippen molar-refractivity contribution >= 4 is 0 Å². The number of aliphatic hydroxyl groups is 1. The first-order chi connectivity index (χ1) is 5.19. The van der Waals surface area contributed by atoms with Crippen molar-refractivity contribution in [1.82, 2.24) is 4.90 Å². The highest BCUT2D eigenvalue weighted by Crippen LogP contribution is 2.29. The summed E-state index contributed by atoms with van der Waals surface area (Å²) in [6.45, 7) is 3.22. The summed E-state index contributed by atoms with van der Waals surface area (Å²) in [4.78, 5) is 2.09. The standard InChI is InChI=1S/C9H19NO/c1-3-4-6-9(11)7-5-8-10(9)2/h11H,3-8H2,1-2H3. The van der Waals surface area contributed by atoms with Gasteiger partial charge in [0.2, 0.25) is 0 Å². The maximum absolute atomic E-state index is 10.0. The van der Waals surface area contributed by atoms with E-state index in [0.717, 1.165) is 32.2 Å². The molecule has 66 valence electrons. The van der Waals surface area contributed by atoms with Gasteiger partial charge < -0.3 is 5.11 Å². The second-order valence-corrected chi connectivity index (χ2v) is 3.61. The van der Waals surface area contributed by atoms with Crippen molar-refractivity contribution in [3.05, 3.63) is 0 Å². The third kappa shape index (κ3) is 1.94. The van der Waals surface area contributed by atoms with Crippen LogP contribution in [0.4, 0.5) is 0 Å². The predicted molar refractivity (Wildman–Crippen MR) is 46.3 cm³/mol. The fraction of sp³-hybridized carbons (Fsp3) is 1.00. The summed E-state index contributed by atoms with van der Waals surface area (Å²) in [6, 6.07) is 0. The molecular weight excluding hydrogens is 138 g/mol. The Balaban J connectivity index is 2.38. The number of hydrogen-bond donors (Lipinski definition) is 1. The normalized spacial score (nSPS) is 33.0. The van der Waals surface area contributed by atoms with Crippen LogP contribution in [0.2, 0.25) is 0 Å². The van der Waals surface area contributed by atoms with Gasteiger partial charge in [-0.2, -0.15) is 0 Å². The van der Waals surface area contributed by atoms with Crippen LogP contribution >= 0.6 is 0 Å². The average Bonchev–Trinajstić information content (AvgIpc) is 2.30. The van der Waals surface area contributed by atoms with E-state index in [4.69, 9.17) is 0 Å². The van der Waals surface area contributed by atoms with Crippen molar-refractivity contribution in [3.63, 3.8) is 0 Å². The zero-order valence-electron chi connectivity index (χ0n) is 7.64. The summed E-state index contributed by atoms with van der Waals surface area (Å²) in [5.41, 5.74) is -0.462. The molecule has 1 atom stereocenters. The molecule has 0 spiro atoms. The number of nitrogens with zero attached hydrogens (tertiary/aromatic N) is 1. The molecule has 1 heterocycles. The predicted octanol–water partition coefficient (Wildman–Crippen LogP) is 1.59. The molecule has 0 radical (unpaired) electrons. The van der Waals surface area contributed by atoms with Crippen LogP contribution in [0.1, 0.15) is 39.0 Å². The second kappa shape index (κ2) is 3.55. The SMILES string of the molecule is CCCCC1(O)CCCN1C. The van der Waals surface area contributed by atoms with Crippen LogP contribution in [0.3, 0.4) is 0 Å². The minimum absolute atomic E-state index is 0.462. The van der Waals surface area contributed by atoms with E-state index in [0.29, 0.717) is 0 Å². The average molecular weight is 157 g/mol. The number of unbranched alkanes of at least 4 members (excludes halogenated alkanes) is 1. The van der Waals surface area contributed by atoms with Crippen molar-refractivity contribution in [2.24, 2.45) is 0 Å². The van der Waals surface area contributed by atoms with Crippen molar-refractivity contribution in [3.8, 4) is 0 Å². The molecule has 2 heteroatoms. The highest BCUT2D eigenvalue weighted by Gasteiger charge is 2.35. The van der Waals surface area contributed by atoms with E-state index >= 15 is 0 Å². The lowest BCUT2D eigenvalue weighted by Gasteiger charge is -2.30. The van der Waals surface area contributed by atoms with E-state index < -0.39 is 5.72 Å². The molecule has 0 bridgehead atoms. The lowest BCUT2D eigenvalue weighted by atomic mass is 10.0. The summed E-state index contributed by atoms with van der Waals surface area (Å²) in [6.07, 6.45) is 5.37. The van der Waals surface area contributed by atoms with Gasteiger partial charge in [-0.25, -0.2) is 0 Å². The first-order valence-corrected chi connectivity index (χ1v) is 4.62. The van der Waals surface area contributed by atoms with Gasteiger partial charge in [-0.1, -0.05) is 13.3 Å². The van der Waals surface area contributed by atoms with Crippen LogP contribution in [0.5, 0.6) is 0 Å². The van der Waals surface area contributed by atoms with Crippen molar-refractivity contribution in [2.45, 2.75) is 44.8 Å². The first-order valence-electron chi connectivity index (χ1n) is 4.62. The summed E-state index contributed by atoms with van der Waals surface area (Å²) in [5, 5.41) is 10.0. The molecule has 0 aromatic carbocycles. The minimum Gasteiger partial charge on any atom is -0.376 e. The van der Waals surface area contributed by atoms with Gasteiger partial charge in [-0.3, -0.25) is 4.90 Å². The zero-order chi connectivity index (χ0) is 8.32. The largest absolute Gasteiger partial charge is 0.376 e. The Morgan fingerprint density at radius 3 is 2.73 bits per heavy atom. The summed E-state index contributed by atoms with van der Waals surface area (Å²) >= 11 is 0. The molecule has 2 nitrogen and oxygen atoms in total. The van der Waals surface area contributed by atoms with E-state index in [9.17, 15) is 5.11 Å². The molecule has 0 amide bonds. The zero-order valence-corrected chi connectivity index (χ0v) is 7.64. The Morgan fingerprint density at radius 2 is 2.27 bits per heavy atom. The Morgan fingerprint density at radius 1 is 1.55 bits per heavy atom. The van der Waals surface area contributed by atoms with Gasteiger partial charge >= 0.3 is 0 Å². The Bertz CT molecular complexity index is 127. The van der Waals surface area contributed by atoms with Crippen LogP contribution in [0, 0.1) is 0 Å². The molecule has 1 fully saturated rings. The molecule has 0 aromatic rings. The third-order valence-corrected chi connectivity index (χ3v) is 2.71. The molecule has 0 saturated carbocycles. The van der Waals surface area contributed by atoms with Crippen molar-refractivity contribution in [1.29, 1.82) is 0 Å².